The van der Waals surface area contributed by atoms with Gasteiger partial charge in [0.05, 0.1) is 18.2 Å². The van der Waals surface area contributed by atoms with Gasteiger partial charge in [0.25, 0.3) is 0 Å². The van der Waals surface area contributed by atoms with Gasteiger partial charge in [-0.05, 0) is 92.4 Å². The maximum absolute atomic E-state index is 17.2. The second-order valence-electron chi connectivity index (χ2n) is 14.5. The van der Waals surface area contributed by atoms with Crippen LogP contribution in [0, 0.1) is 23.0 Å². The van der Waals surface area contributed by atoms with E-state index in [2.05, 4.69) is 9.97 Å². The first-order valence-electron chi connectivity index (χ1n) is 17.1. The second kappa shape index (κ2) is 14.3. The first-order chi connectivity index (χ1) is 24.8. The molecule has 286 valence electrons. The number of phenols is 1. The van der Waals surface area contributed by atoms with Gasteiger partial charge < -0.3 is 24.4 Å². The summed E-state index contributed by atoms with van der Waals surface area (Å²) in [7, 11) is 1.80. The number of benzene rings is 3. The Hall–Kier alpha value is -4.11. The molecule has 0 spiro atoms. The molecule has 16 heteroatoms. The van der Waals surface area contributed by atoms with Crippen molar-refractivity contribution < 1.29 is 50.1 Å². The molecule has 53 heavy (non-hydrogen) atoms. The van der Waals surface area contributed by atoms with E-state index in [4.69, 9.17) is 21.1 Å². The molecular weight excluding hydrogens is 733 g/mol. The highest BCUT2D eigenvalue weighted by molar-refractivity contribution is 6.35. The number of phenolic OH excluding ortho intramolecular Hbond substituents is 1. The van der Waals surface area contributed by atoms with Crippen LogP contribution in [0.3, 0.4) is 0 Å². The standard InChI is InChI=1S/C37H38ClF7N4O4/c1-5-21-26(39)8-7-19-13-20(50)14-22(27(19)21)28-25(38)15-23-30(29(28)40)46-34(52-18-35(2)16-48(4)12-9-24(35)31(41)42)47-32(23)49-11-6-10-36(3,17-49)53-33(51)37(43,44)45/h7-8,13-15,24,31,50H,5-6,9-12,16-18H2,1-4H3/t24-,35+,36?/m1/s1. The predicted molar refractivity (Wildman–Crippen MR) is 186 cm³/mol. The number of carbonyl (C=O) groups excluding carboxylic acids is 1. The number of hydrogen-bond acceptors (Lipinski definition) is 8. The third kappa shape index (κ3) is 7.51. The van der Waals surface area contributed by atoms with Crippen molar-refractivity contribution in [1.29, 1.82) is 0 Å². The molecule has 0 bridgehead atoms. The normalized spacial score (nSPS) is 22.9. The highest BCUT2D eigenvalue weighted by Crippen LogP contribution is 2.45. The van der Waals surface area contributed by atoms with E-state index in [1.807, 2.05) is 4.90 Å². The van der Waals surface area contributed by atoms with Crippen molar-refractivity contribution in [1.82, 2.24) is 14.9 Å². The Balaban J connectivity index is 1.52. The van der Waals surface area contributed by atoms with Gasteiger partial charge in [0.2, 0.25) is 6.43 Å². The topological polar surface area (TPSA) is 88.0 Å². The number of aromatic hydroxyl groups is 1. The van der Waals surface area contributed by atoms with Crippen molar-refractivity contribution >= 4 is 45.1 Å². The monoisotopic (exact) mass is 770 g/mol. The Bertz CT molecular complexity index is 2070. The van der Waals surface area contributed by atoms with E-state index in [9.17, 15) is 31.9 Å². The third-order valence-electron chi connectivity index (χ3n) is 10.3. The first-order valence-corrected chi connectivity index (χ1v) is 17.5. The summed E-state index contributed by atoms with van der Waals surface area (Å²) in [4.78, 5) is 24.2. The summed E-state index contributed by atoms with van der Waals surface area (Å²) in [6.07, 6.45) is -7.13. The maximum atomic E-state index is 17.2. The summed E-state index contributed by atoms with van der Waals surface area (Å²) in [5, 5.41) is 11.2. The van der Waals surface area contributed by atoms with Crippen LogP contribution in [-0.4, -0.2) is 84.0 Å². The summed E-state index contributed by atoms with van der Waals surface area (Å²) in [6, 6.07) is 6.31. The molecule has 0 aliphatic carbocycles. The lowest BCUT2D eigenvalue weighted by Crippen LogP contribution is -2.51. The zero-order valence-corrected chi connectivity index (χ0v) is 30.1. The number of anilines is 1. The molecule has 1 N–H and O–H groups in total. The zero-order valence-electron chi connectivity index (χ0n) is 29.4. The van der Waals surface area contributed by atoms with E-state index in [0.29, 0.717) is 17.3 Å². The van der Waals surface area contributed by atoms with Crippen LogP contribution in [0.25, 0.3) is 32.8 Å². The highest BCUT2D eigenvalue weighted by Gasteiger charge is 2.47. The maximum Gasteiger partial charge on any atom is 0.490 e. The number of aryl methyl sites for hydroxylation is 1. The molecule has 6 rings (SSSR count). The van der Waals surface area contributed by atoms with Crippen molar-refractivity contribution in [3.8, 4) is 22.9 Å². The molecule has 2 fully saturated rings. The van der Waals surface area contributed by atoms with Gasteiger partial charge in [-0.25, -0.2) is 22.4 Å². The van der Waals surface area contributed by atoms with Crippen LogP contribution < -0.4 is 9.64 Å². The van der Waals surface area contributed by atoms with Crippen molar-refractivity contribution in [2.45, 2.75) is 64.7 Å². The molecule has 1 unspecified atom stereocenters. The SMILES string of the molecule is CCc1c(F)ccc2cc(O)cc(-c3c(Cl)cc4c(N5CCCC(C)(OC(=O)C(F)(F)F)C5)nc(OC[C@]5(C)CN(C)CC[C@@H]5C(F)F)nc4c3F)c12. The number of ether oxygens (including phenoxy) is 2. The van der Waals surface area contributed by atoms with Gasteiger partial charge in [-0.2, -0.15) is 23.1 Å². The van der Waals surface area contributed by atoms with Crippen LogP contribution in [0.2, 0.25) is 5.02 Å². The minimum absolute atomic E-state index is 0.0104. The van der Waals surface area contributed by atoms with Crippen molar-refractivity contribution in [3.05, 3.63) is 52.6 Å². The number of esters is 1. The van der Waals surface area contributed by atoms with E-state index in [0.717, 1.165) is 0 Å². The Morgan fingerprint density at radius 3 is 2.53 bits per heavy atom. The molecular formula is C37H38ClF7N4O4. The van der Waals surface area contributed by atoms with Gasteiger partial charge in [-0.1, -0.05) is 31.5 Å². The van der Waals surface area contributed by atoms with Gasteiger partial charge in [-0.3, -0.25) is 0 Å². The Morgan fingerprint density at radius 2 is 1.85 bits per heavy atom. The third-order valence-corrected chi connectivity index (χ3v) is 10.6. The summed E-state index contributed by atoms with van der Waals surface area (Å²) in [5.41, 5.74) is -2.94. The molecule has 0 saturated carbocycles. The van der Waals surface area contributed by atoms with Crippen LogP contribution in [0.4, 0.5) is 36.6 Å². The number of hydrogen-bond donors (Lipinski definition) is 1. The van der Waals surface area contributed by atoms with E-state index < -0.39 is 53.1 Å². The largest absolute Gasteiger partial charge is 0.508 e. The van der Waals surface area contributed by atoms with E-state index >= 15 is 8.78 Å². The average molecular weight is 771 g/mol. The van der Waals surface area contributed by atoms with Crippen LogP contribution in [0.1, 0.15) is 45.6 Å². The van der Waals surface area contributed by atoms with Gasteiger partial charge in [0.1, 0.15) is 28.5 Å². The minimum Gasteiger partial charge on any atom is -0.508 e. The molecule has 0 radical (unpaired) electrons. The van der Waals surface area contributed by atoms with Crippen LogP contribution >= 0.6 is 11.6 Å². The lowest BCUT2D eigenvalue weighted by atomic mass is 9.73. The molecule has 3 atom stereocenters. The van der Waals surface area contributed by atoms with Gasteiger partial charge >= 0.3 is 18.2 Å². The number of piperidine rings is 2. The number of carbonyl (C=O) groups is 1. The Morgan fingerprint density at radius 1 is 1.11 bits per heavy atom. The van der Waals surface area contributed by atoms with Gasteiger partial charge in [0, 0.05) is 35.4 Å². The lowest BCUT2D eigenvalue weighted by Gasteiger charge is -2.44. The fourth-order valence-corrected chi connectivity index (χ4v) is 8.13. The van der Waals surface area contributed by atoms with Crippen molar-refractivity contribution in [3.63, 3.8) is 0 Å². The molecule has 4 aromatic rings. The molecule has 3 aromatic carbocycles. The van der Waals surface area contributed by atoms with Crippen molar-refractivity contribution in [2.24, 2.45) is 11.3 Å². The lowest BCUT2D eigenvalue weighted by molar-refractivity contribution is -0.213. The van der Waals surface area contributed by atoms with Gasteiger partial charge in [-0.15, -0.1) is 0 Å². The number of nitrogens with zero attached hydrogens (tertiary/aromatic N) is 4. The molecule has 2 saturated heterocycles. The number of alkyl halides is 5. The number of aromatic nitrogens is 2. The summed E-state index contributed by atoms with van der Waals surface area (Å²) in [6.45, 7) is 5.06. The predicted octanol–water partition coefficient (Wildman–Crippen LogP) is 8.72. The minimum atomic E-state index is -5.24. The number of rotatable bonds is 8. The fourth-order valence-electron chi connectivity index (χ4n) is 7.84. The number of halogens is 8. The van der Waals surface area contributed by atoms with Crippen molar-refractivity contribution in [2.75, 3.05) is 44.7 Å². The summed E-state index contributed by atoms with van der Waals surface area (Å²) in [5.74, 6) is -5.20. The molecule has 8 nitrogen and oxygen atoms in total. The Labute approximate surface area is 305 Å². The number of fused-ring (bicyclic) bond motifs is 2. The van der Waals surface area contributed by atoms with Crippen LogP contribution in [-0.2, 0) is 16.0 Å². The summed E-state index contributed by atoms with van der Waals surface area (Å²) >= 11 is 6.81. The Kier molecular flexibility index (Phi) is 10.4. The first kappa shape index (κ1) is 38.6. The smallest absolute Gasteiger partial charge is 0.490 e. The molecule has 3 heterocycles. The molecule has 2 aliphatic heterocycles. The van der Waals surface area contributed by atoms with Crippen LogP contribution in [0.15, 0.2) is 30.3 Å². The van der Waals surface area contributed by atoms with E-state index in [-0.39, 0.29) is 96.1 Å². The molecule has 0 amide bonds. The number of likely N-dealkylation sites (tertiary alicyclic amines) is 1. The fraction of sp³-hybridized carbons (Fsp3) is 0.486. The van der Waals surface area contributed by atoms with Gasteiger partial charge in [0.15, 0.2) is 5.82 Å². The highest BCUT2D eigenvalue weighted by atomic mass is 35.5. The van der Waals surface area contributed by atoms with Crippen LogP contribution in [0.5, 0.6) is 11.8 Å². The van der Waals surface area contributed by atoms with E-state index in [1.54, 1.807) is 20.9 Å². The molecule has 2 aliphatic rings. The zero-order chi connectivity index (χ0) is 38.6. The summed E-state index contributed by atoms with van der Waals surface area (Å²) < 4.78 is 111. The molecule has 1 aromatic heterocycles. The quantitative estimate of drug-likeness (QED) is 0.141. The van der Waals surface area contributed by atoms with E-state index in [1.165, 1.54) is 42.2 Å². The average Bonchev–Trinajstić information content (AvgIpc) is 3.06. The second-order valence-corrected chi connectivity index (χ2v) is 14.9.